The normalized spacial score (nSPS) is 11.1. The van der Waals surface area contributed by atoms with Crippen molar-refractivity contribution >= 4 is 33.2 Å². The van der Waals surface area contributed by atoms with E-state index in [1.807, 2.05) is 0 Å². The molecule has 0 saturated heterocycles. The summed E-state index contributed by atoms with van der Waals surface area (Å²) in [6, 6.07) is 8.87. The van der Waals surface area contributed by atoms with E-state index >= 15 is 0 Å². The minimum atomic E-state index is -3.76. The zero-order valence-corrected chi connectivity index (χ0v) is 15.2. The smallest absolute Gasteiger partial charge is 0.321 e. The fourth-order valence-electron chi connectivity index (χ4n) is 1.89. The minimum Gasteiger partial charge on any atom is -0.455 e. The number of amides is 1. The molecule has 0 aliphatic heterocycles. The summed E-state index contributed by atoms with van der Waals surface area (Å²) >= 11 is 1.02. The molecule has 0 radical (unpaired) electrons. The highest BCUT2D eigenvalue weighted by Crippen LogP contribution is 2.14. The van der Waals surface area contributed by atoms with E-state index in [0.29, 0.717) is 13.0 Å². The van der Waals surface area contributed by atoms with Crippen molar-refractivity contribution in [3.8, 4) is 0 Å². The molecular weight excluding hydrogens is 383 g/mol. The van der Waals surface area contributed by atoms with E-state index in [2.05, 4.69) is 10.0 Å². The van der Waals surface area contributed by atoms with Crippen molar-refractivity contribution in [3.05, 3.63) is 53.2 Å². The van der Waals surface area contributed by atoms with E-state index < -0.39 is 35.1 Å². The number of benzene rings is 1. The fourth-order valence-corrected chi connectivity index (χ4v) is 3.89. The lowest BCUT2D eigenvalue weighted by Gasteiger charge is -2.07. The van der Waals surface area contributed by atoms with Crippen molar-refractivity contribution in [1.82, 2.24) is 10.0 Å². The van der Waals surface area contributed by atoms with Gasteiger partial charge in [0.05, 0.1) is 0 Å². The molecule has 2 N–H and O–H groups in total. The number of thiophene rings is 1. The standard InChI is InChI=1S/C16H17FN2O5S2/c17-13-5-3-12(4-6-13)7-8-18-14(20)11-24-15(21)10-19-26(22,23)16-2-1-9-25-16/h1-6,9,19H,7-8,10-11H2,(H,18,20). The highest BCUT2D eigenvalue weighted by atomic mass is 32.2. The average Bonchev–Trinajstić information content (AvgIpc) is 3.16. The quantitative estimate of drug-likeness (QED) is 0.613. The Hall–Kier alpha value is -2.30. The Morgan fingerprint density at radius 1 is 1.15 bits per heavy atom. The van der Waals surface area contributed by atoms with Gasteiger partial charge in [0, 0.05) is 6.54 Å². The third kappa shape index (κ3) is 6.54. The predicted molar refractivity (Wildman–Crippen MR) is 93.6 cm³/mol. The predicted octanol–water partition coefficient (Wildman–Crippen LogP) is 1.07. The van der Waals surface area contributed by atoms with Crippen LogP contribution in [0, 0.1) is 5.82 Å². The van der Waals surface area contributed by atoms with E-state index in [-0.39, 0.29) is 10.0 Å². The zero-order valence-electron chi connectivity index (χ0n) is 13.6. The van der Waals surface area contributed by atoms with Crippen molar-refractivity contribution in [2.45, 2.75) is 10.6 Å². The first kappa shape index (κ1) is 20.0. The van der Waals surface area contributed by atoms with Crippen LogP contribution in [0.1, 0.15) is 5.56 Å². The van der Waals surface area contributed by atoms with Crippen molar-refractivity contribution in [2.75, 3.05) is 19.7 Å². The SMILES string of the molecule is O=C(COC(=O)CNS(=O)(=O)c1cccs1)NCCc1ccc(F)cc1. The number of hydrogen-bond donors (Lipinski definition) is 2. The number of hydrogen-bond acceptors (Lipinski definition) is 6. The summed E-state index contributed by atoms with van der Waals surface area (Å²) in [5.74, 6) is -1.71. The molecule has 1 aromatic heterocycles. The molecule has 1 heterocycles. The second-order valence-corrected chi connectivity index (χ2v) is 8.09. The third-order valence-corrected chi connectivity index (χ3v) is 5.98. The lowest BCUT2D eigenvalue weighted by Crippen LogP contribution is -2.34. The number of ether oxygens (including phenoxy) is 1. The van der Waals surface area contributed by atoms with Gasteiger partial charge >= 0.3 is 5.97 Å². The Balaban J connectivity index is 1.64. The van der Waals surface area contributed by atoms with Crippen LogP contribution in [0.2, 0.25) is 0 Å². The zero-order chi connectivity index (χ0) is 19.0. The van der Waals surface area contributed by atoms with Gasteiger partial charge in [-0.3, -0.25) is 9.59 Å². The van der Waals surface area contributed by atoms with Gasteiger partial charge in [-0.05, 0) is 35.6 Å². The van der Waals surface area contributed by atoms with Crippen LogP contribution in [0.4, 0.5) is 4.39 Å². The van der Waals surface area contributed by atoms with Crippen LogP contribution in [0.3, 0.4) is 0 Å². The van der Waals surface area contributed by atoms with Gasteiger partial charge in [-0.25, -0.2) is 12.8 Å². The summed E-state index contributed by atoms with van der Waals surface area (Å²) < 4.78 is 43.3. The highest BCUT2D eigenvalue weighted by molar-refractivity contribution is 7.91. The topological polar surface area (TPSA) is 102 Å². The number of rotatable bonds is 9. The summed E-state index contributed by atoms with van der Waals surface area (Å²) in [5.41, 5.74) is 0.853. The van der Waals surface area contributed by atoms with Gasteiger partial charge in [0.25, 0.3) is 15.9 Å². The van der Waals surface area contributed by atoms with Crippen LogP contribution in [-0.2, 0) is 30.8 Å². The van der Waals surface area contributed by atoms with Crippen LogP contribution in [0.5, 0.6) is 0 Å². The van der Waals surface area contributed by atoms with Crippen LogP contribution in [0.25, 0.3) is 0 Å². The lowest BCUT2D eigenvalue weighted by molar-refractivity contribution is -0.147. The summed E-state index contributed by atoms with van der Waals surface area (Å²) in [6.45, 7) is -0.779. The number of nitrogens with one attached hydrogen (secondary N) is 2. The summed E-state index contributed by atoms with van der Waals surface area (Å²) in [4.78, 5) is 23.1. The molecule has 26 heavy (non-hydrogen) atoms. The van der Waals surface area contributed by atoms with Gasteiger partial charge in [0.1, 0.15) is 16.6 Å². The van der Waals surface area contributed by atoms with E-state index in [9.17, 15) is 22.4 Å². The fraction of sp³-hybridized carbons (Fsp3) is 0.250. The number of carbonyl (C=O) groups excluding carboxylic acids is 2. The van der Waals surface area contributed by atoms with Crippen LogP contribution in [0.15, 0.2) is 46.0 Å². The minimum absolute atomic E-state index is 0.0869. The summed E-state index contributed by atoms with van der Waals surface area (Å²) in [7, 11) is -3.76. The lowest BCUT2D eigenvalue weighted by atomic mass is 10.1. The molecule has 0 aliphatic rings. The Labute approximate surface area is 154 Å². The number of carbonyl (C=O) groups is 2. The van der Waals surface area contributed by atoms with Gasteiger partial charge in [0.2, 0.25) is 0 Å². The second-order valence-electron chi connectivity index (χ2n) is 5.14. The maximum Gasteiger partial charge on any atom is 0.321 e. The van der Waals surface area contributed by atoms with Crippen molar-refractivity contribution in [3.63, 3.8) is 0 Å². The molecule has 0 fully saturated rings. The maximum absolute atomic E-state index is 12.8. The molecule has 140 valence electrons. The van der Waals surface area contributed by atoms with Gasteiger partial charge in [-0.2, -0.15) is 4.72 Å². The summed E-state index contributed by atoms with van der Waals surface area (Å²) in [5, 5.41) is 4.15. The molecule has 10 heteroatoms. The molecule has 0 unspecified atom stereocenters. The molecule has 1 aromatic carbocycles. The third-order valence-electron chi connectivity index (χ3n) is 3.18. The molecule has 7 nitrogen and oxygen atoms in total. The van der Waals surface area contributed by atoms with Gasteiger partial charge < -0.3 is 10.1 Å². The number of sulfonamides is 1. The van der Waals surface area contributed by atoms with Gasteiger partial charge in [-0.15, -0.1) is 11.3 Å². The Bertz CT molecular complexity index is 836. The average molecular weight is 400 g/mol. The van der Waals surface area contributed by atoms with Gasteiger partial charge in [0.15, 0.2) is 6.61 Å². The molecule has 0 saturated carbocycles. The molecule has 1 amide bonds. The Morgan fingerprint density at radius 3 is 2.54 bits per heavy atom. The molecule has 2 rings (SSSR count). The molecule has 0 atom stereocenters. The monoisotopic (exact) mass is 400 g/mol. The van der Waals surface area contributed by atoms with Crippen molar-refractivity contribution in [2.24, 2.45) is 0 Å². The number of halogens is 1. The largest absolute Gasteiger partial charge is 0.455 e. The van der Waals surface area contributed by atoms with Crippen LogP contribution >= 0.6 is 11.3 Å². The molecule has 0 bridgehead atoms. The first-order valence-electron chi connectivity index (χ1n) is 7.57. The van der Waals surface area contributed by atoms with Crippen LogP contribution < -0.4 is 10.0 Å². The number of esters is 1. The van der Waals surface area contributed by atoms with E-state index in [1.165, 1.54) is 18.2 Å². The molecular formula is C16H17FN2O5S2. The first-order valence-corrected chi connectivity index (χ1v) is 9.93. The van der Waals surface area contributed by atoms with Crippen LogP contribution in [-0.4, -0.2) is 40.0 Å². The highest BCUT2D eigenvalue weighted by Gasteiger charge is 2.17. The van der Waals surface area contributed by atoms with Crippen molar-refractivity contribution < 1.29 is 27.1 Å². The van der Waals surface area contributed by atoms with E-state index in [1.54, 1.807) is 23.6 Å². The molecule has 0 spiro atoms. The first-order chi connectivity index (χ1) is 12.4. The summed E-state index contributed by atoms with van der Waals surface area (Å²) in [6.07, 6.45) is 0.501. The second kappa shape index (κ2) is 9.41. The van der Waals surface area contributed by atoms with E-state index in [4.69, 9.17) is 4.74 Å². The Morgan fingerprint density at radius 2 is 1.88 bits per heavy atom. The molecule has 0 aliphatic carbocycles. The molecule has 2 aromatic rings. The van der Waals surface area contributed by atoms with Crippen molar-refractivity contribution in [1.29, 1.82) is 0 Å². The Kier molecular flexibility index (Phi) is 7.25. The maximum atomic E-state index is 12.8. The van der Waals surface area contributed by atoms with E-state index in [0.717, 1.165) is 16.9 Å². The van der Waals surface area contributed by atoms with Gasteiger partial charge in [-0.1, -0.05) is 18.2 Å².